The van der Waals surface area contributed by atoms with Crippen LogP contribution in [0.15, 0.2) is 78.9 Å². The summed E-state index contributed by atoms with van der Waals surface area (Å²) in [6.07, 6.45) is 1.05. The molecule has 0 fully saturated rings. The Morgan fingerprint density at radius 1 is 0.875 bits per heavy atom. The van der Waals surface area contributed by atoms with E-state index in [9.17, 15) is 0 Å². The lowest BCUT2D eigenvalue weighted by atomic mass is 9.68. The average molecular weight is 313 g/mol. The zero-order valence-corrected chi connectivity index (χ0v) is 14.3. The molecule has 0 unspecified atom stereocenters. The van der Waals surface area contributed by atoms with E-state index in [-0.39, 0.29) is 5.41 Å². The molecule has 120 valence electrons. The second-order valence-electron chi connectivity index (χ2n) is 7.06. The van der Waals surface area contributed by atoms with Crippen LogP contribution in [0.1, 0.15) is 41.6 Å². The molecule has 0 amide bonds. The summed E-state index contributed by atoms with van der Waals surface area (Å²) in [6.45, 7) is 4.56. The van der Waals surface area contributed by atoms with Crippen molar-refractivity contribution >= 4 is 5.69 Å². The van der Waals surface area contributed by atoms with Crippen molar-refractivity contribution in [3.05, 3.63) is 101 Å². The van der Waals surface area contributed by atoms with Crippen LogP contribution in [0.3, 0.4) is 0 Å². The molecule has 3 aromatic rings. The summed E-state index contributed by atoms with van der Waals surface area (Å²) >= 11 is 0. The molecule has 1 aliphatic rings. The quantitative estimate of drug-likeness (QED) is 0.625. The van der Waals surface area contributed by atoms with Gasteiger partial charge in [0.2, 0.25) is 0 Å². The molecule has 0 bridgehead atoms. The monoisotopic (exact) mass is 313 g/mol. The van der Waals surface area contributed by atoms with Gasteiger partial charge in [-0.15, -0.1) is 0 Å². The minimum Gasteiger partial charge on any atom is -0.378 e. The summed E-state index contributed by atoms with van der Waals surface area (Å²) in [7, 11) is 0. The van der Waals surface area contributed by atoms with Gasteiger partial charge in [-0.05, 0) is 36.1 Å². The van der Waals surface area contributed by atoms with E-state index >= 15 is 0 Å². The molecule has 1 N–H and O–H groups in total. The first-order valence-electron chi connectivity index (χ1n) is 8.65. The fourth-order valence-electron chi connectivity index (χ4n) is 3.96. The number of benzene rings is 3. The summed E-state index contributed by atoms with van der Waals surface area (Å²) in [6, 6.07) is 28.8. The summed E-state index contributed by atoms with van der Waals surface area (Å²) in [5, 5.41) is 3.77. The molecule has 1 nitrogen and oxygen atoms in total. The molecular weight excluding hydrogens is 290 g/mol. The minimum atomic E-state index is 0.00830. The highest BCUT2D eigenvalue weighted by atomic mass is 14.9. The highest BCUT2D eigenvalue weighted by Crippen LogP contribution is 2.48. The van der Waals surface area contributed by atoms with Crippen molar-refractivity contribution in [1.29, 1.82) is 0 Å². The highest BCUT2D eigenvalue weighted by molar-refractivity contribution is 5.62. The van der Waals surface area contributed by atoms with Gasteiger partial charge in [-0.3, -0.25) is 0 Å². The molecule has 1 aliphatic heterocycles. The molecule has 0 aromatic heterocycles. The zero-order chi connectivity index (χ0) is 16.6. The van der Waals surface area contributed by atoms with Crippen LogP contribution < -0.4 is 5.32 Å². The van der Waals surface area contributed by atoms with Gasteiger partial charge in [0.05, 0.1) is 6.04 Å². The Morgan fingerprint density at radius 3 is 2.25 bits per heavy atom. The Labute approximate surface area is 144 Å². The van der Waals surface area contributed by atoms with Gasteiger partial charge in [0.15, 0.2) is 0 Å². The van der Waals surface area contributed by atoms with E-state index in [0.29, 0.717) is 6.04 Å². The summed E-state index contributed by atoms with van der Waals surface area (Å²) in [4.78, 5) is 0. The number of rotatable bonds is 2. The first-order valence-corrected chi connectivity index (χ1v) is 8.65. The molecule has 1 heterocycles. The molecule has 24 heavy (non-hydrogen) atoms. The predicted octanol–water partition coefficient (Wildman–Crippen LogP) is 5.86. The maximum Gasteiger partial charge on any atom is 0.0525 e. The van der Waals surface area contributed by atoms with Gasteiger partial charge in [0.25, 0.3) is 0 Å². The minimum absolute atomic E-state index is 0.00830. The zero-order valence-electron chi connectivity index (χ0n) is 14.3. The summed E-state index contributed by atoms with van der Waals surface area (Å²) < 4.78 is 0. The van der Waals surface area contributed by atoms with Gasteiger partial charge in [-0.2, -0.15) is 0 Å². The summed E-state index contributed by atoms with van der Waals surface area (Å²) in [5.74, 6) is 0. The van der Waals surface area contributed by atoms with Crippen molar-refractivity contribution in [2.75, 3.05) is 5.32 Å². The van der Waals surface area contributed by atoms with Crippen LogP contribution in [0.2, 0.25) is 0 Å². The van der Waals surface area contributed by atoms with E-state index in [2.05, 4.69) is 98.0 Å². The molecule has 4 rings (SSSR count). The van der Waals surface area contributed by atoms with Crippen molar-refractivity contribution in [2.24, 2.45) is 0 Å². The van der Waals surface area contributed by atoms with Crippen molar-refractivity contribution < 1.29 is 0 Å². The Bertz CT molecular complexity index is 838. The van der Waals surface area contributed by atoms with E-state index in [1.165, 1.54) is 27.9 Å². The van der Waals surface area contributed by atoms with E-state index < -0.39 is 0 Å². The van der Waals surface area contributed by atoms with Gasteiger partial charge < -0.3 is 5.32 Å². The lowest BCUT2D eigenvalue weighted by molar-refractivity contribution is 0.459. The molecule has 0 radical (unpaired) electrons. The molecule has 2 atom stereocenters. The molecule has 1 heteroatoms. The first kappa shape index (κ1) is 15.0. The summed E-state index contributed by atoms with van der Waals surface area (Å²) in [5.41, 5.74) is 6.72. The van der Waals surface area contributed by atoms with Crippen LogP contribution in [-0.2, 0) is 5.41 Å². The molecule has 0 saturated heterocycles. The number of hydrogen-bond acceptors (Lipinski definition) is 1. The lowest BCUT2D eigenvalue weighted by Crippen LogP contribution is -2.34. The Kier molecular flexibility index (Phi) is 3.65. The second kappa shape index (κ2) is 5.83. The van der Waals surface area contributed by atoms with Gasteiger partial charge in [-0.1, -0.05) is 85.3 Å². The second-order valence-corrected chi connectivity index (χ2v) is 7.06. The van der Waals surface area contributed by atoms with Gasteiger partial charge in [0, 0.05) is 11.1 Å². The van der Waals surface area contributed by atoms with Crippen LogP contribution in [0.5, 0.6) is 0 Å². The molecule has 0 aliphatic carbocycles. The molecule has 0 saturated carbocycles. The third-order valence-electron chi connectivity index (χ3n) is 5.32. The Hall–Kier alpha value is -2.54. The number of anilines is 1. The normalized spacial score (nSPS) is 22.5. The fraction of sp³-hybridized carbons (Fsp3) is 0.217. The lowest BCUT2D eigenvalue weighted by Gasteiger charge is -2.42. The SMILES string of the molecule is Cc1ccc2c(c1)[C@](C)(c1ccccc1)C[C@@H](c1ccccc1)N2. The fourth-order valence-corrected chi connectivity index (χ4v) is 3.96. The van der Waals surface area contributed by atoms with Crippen LogP contribution in [0.25, 0.3) is 0 Å². The Morgan fingerprint density at radius 2 is 1.54 bits per heavy atom. The van der Waals surface area contributed by atoms with Crippen LogP contribution in [0.4, 0.5) is 5.69 Å². The van der Waals surface area contributed by atoms with E-state index in [4.69, 9.17) is 0 Å². The standard InChI is InChI=1S/C23H23N/c1-17-13-14-21-20(15-17)23(2,19-11-7-4-8-12-19)16-22(24-21)18-9-5-3-6-10-18/h3-15,22,24H,16H2,1-2H3/t22-,23-/m0/s1. The molecule has 3 aromatic carbocycles. The number of aryl methyl sites for hydroxylation is 1. The topological polar surface area (TPSA) is 12.0 Å². The maximum absolute atomic E-state index is 3.77. The van der Waals surface area contributed by atoms with Crippen molar-refractivity contribution in [1.82, 2.24) is 0 Å². The third kappa shape index (κ3) is 2.50. The largest absolute Gasteiger partial charge is 0.378 e. The van der Waals surface area contributed by atoms with E-state index in [0.717, 1.165) is 6.42 Å². The van der Waals surface area contributed by atoms with Gasteiger partial charge in [0.1, 0.15) is 0 Å². The van der Waals surface area contributed by atoms with Crippen LogP contribution in [0, 0.1) is 6.92 Å². The van der Waals surface area contributed by atoms with Crippen molar-refractivity contribution in [3.63, 3.8) is 0 Å². The molecule has 0 spiro atoms. The number of fused-ring (bicyclic) bond motifs is 1. The number of hydrogen-bond donors (Lipinski definition) is 1. The average Bonchev–Trinajstić information content (AvgIpc) is 2.64. The smallest absolute Gasteiger partial charge is 0.0525 e. The Balaban J connectivity index is 1.87. The molecular formula is C23H23N. The van der Waals surface area contributed by atoms with Crippen LogP contribution >= 0.6 is 0 Å². The van der Waals surface area contributed by atoms with Crippen molar-refractivity contribution in [3.8, 4) is 0 Å². The highest BCUT2D eigenvalue weighted by Gasteiger charge is 2.38. The maximum atomic E-state index is 3.77. The van der Waals surface area contributed by atoms with E-state index in [1.807, 2.05) is 0 Å². The first-order chi connectivity index (χ1) is 11.7. The van der Waals surface area contributed by atoms with Gasteiger partial charge in [-0.25, -0.2) is 0 Å². The van der Waals surface area contributed by atoms with Gasteiger partial charge >= 0.3 is 0 Å². The van der Waals surface area contributed by atoms with Crippen molar-refractivity contribution in [2.45, 2.75) is 31.7 Å². The van der Waals surface area contributed by atoms with E-state index in [1.54, 1.807) is 0 Å². The third-order valence-corrected chi connectivity index (χ3v) is 5.32. The van der Waals surface area contributed by atoms with Crippen LogP contribution in [-0.4, -0.2) is 0 Å². The number of nitrogens with one attached hydrogen (secondary N) is 1. The predicted molar refractivity (Wildman–Crippen MR) is 101 cm³/mol.